The topological polar surface area (TPSA) is 42.0 Å². The molecule has 0 saturated heterocycles. The van der Waals surface area contributed by atoms with Gasteiger partial charge in [-0.15, -0.1) is 0 Å². The maximum Gasteiger partial charge on any atom is 0.233 e. The first-order valence-corrected chi connectivity index (χ1v) is 10.3. The van der Waals surface area contributed by atoms with Crippen LogP contribution in [0.2, 0.25) is 0 Å². The Labute approximate surface area is 173 Å². The monoisotopic (exact) mass is 394 g/mol. The minimum atomic E-state index is -0.412. The van der Waals surface area contributed by atoms with Crippen LogP contribution in [0.25, 0.3) is 0 Å². The van der Waals surface area contributed by atoms with E-state index in [-0.39, 0.29) is 11.9 Å². The summed E-state index contributed by atoms with van der Waals surface area (Å²) in [6.07, 6.45) is 1.79. The smallest absolute Gasteiger partial charge is 0.233 e. The van der Waals surface area contributed by atoms with E-state index in [2.05, 4.69) is 28.9 Å². The number of amides is 1. The number of ether oxygens (including phenoxy) is 2. The van der Waals surface area contributed by atoms with Gasteiger partial charge in [-0.1, -0.05) is 29.8 Å². The van der Waals surface area contributed by atoms with E-state index >= 15 is 0 Å². The number of methoxy groups -OCH3 is 1. The summed E-state index contributed by atoms with van der Waals surface area (Å²) >= 11 is 0. The van der Waals surface area contributed by atoms with Gasteiger partial charge in [0.25, 0.3) is 0 Å². The van der Waals surface area contributed by atoms with Gasteiger partial charge >= 0.3 is 0 Å². The standard InChI is InChI=1S/C24H30N2O3/c1-17-5-10-22-18(13-17)14-26(20(16-29-22)15-25(2)3)23(27)24(11-12-24)19-6-8-21(28-4)9-7-19/h5-10,13,20H,11-12,14-16H2,1-4H3/t20-/m0/s1. The summed E-state index contributed by atoms with van der Waals surface area (Å²) in [5, 5.41) is 0. The summed E-state index contributed by atoms with van der Waals surface area (Å²) in [4.78, 5) is 18.1. The Morgan fingerprint density at radius 3 is 2.55 bits per heavy atom. The van der Waals surface area contributed by atoms with E-state index < -0.39 is 5.41 Å². The van der Waals surface area contributed by atoms with E-state index in [1.54, 1.807) is 7.11 Å². The summed E-state index contributed by atoms with van der Waals surface area (Å²) < 4.78 is 11.4. The Hall–Kier alpha value is -2.53. The van der Waals surface area contributed by atoms with Crippen molar-refractivity contribution in [2.45, 2.75) is 37.8 Å². The lowest BCUT2D eigenvalue weighted by molar-refractivity contribution is -0.137. The number of likely N-dealkylation sites (N-methyl/N-ethyl adjacent to an activating group) is 1. The zero-order valence-electron chi connectivity index (χ0n) is 17.8. The Balaban J connectivity index is 1.67. The highest BCUT2D eigenvalue weighted by atomic mass is 16.5. The maximum absolute atomic E-state index is 13.9. The van der Waals surface area contributed by atoms with Crippen molar-refractivity contribution in [3.8, 4) is 11.5 Å². The third-order valence-electron chi connectivity index (χ3n) is 6.07. The molecule has 0 bridgehead atoms. The highest BCUT2D eigenvalue weighted by Gasteiger charge is 2.54. The van der Waals surface area contributed by atoms with Gasteiger partial charge in [0.1, 0.15) is 18.1 Å². The fourth-order valence-corrected chi connectivity index (χ4v) is 4.31. The van der Waals surface area contributed by atoms with Gasteiger partial charge in [0, 0.05) is 18.7 Å². The molecule has 1 saturated carbocycles. The molecule has 1 atom stereocenters. The van der Waals surface area contributed by atoms with Crippen molar-refractivity contribution in [2.75, 3.05) is 34.4 Å². The Morgan fingerprint density at radius 2 is 1.93 bits per heavy atom. The molecule has 0 N–H and O–H groups in total. The predicted octanol–water partition coefficient (Wildman–Crippen LogP) is 3.39. The molecule has 1 heterocycles. The lowest BCUT2D eigenvalue weighted by Gasteiger charge is -2.34. The molecule has 29 heavy (non-hydrogen) atoms. The molecule has 2 aromatic carbocycles. The number of fused-ring (bicyclic) bond motifs is 1. The van der Waals surface area contributed by atoms with Crippen molar-refractivity contribution < 1.29 is 14.3 Å². The minimum absolute atomic E-state index is 0.0147. The van der Waals surface area contributed by atoms with Gasteiger partial charge in [-0.2, -0.15) is 0 Å². The third kappa shape index (κ3) is 3.84. The summed E-state index contributed by atoms with van der Waals surface area (Å²) in [5.41, 5.74) is 2.94. The molecular formula is C24H30N2O3. The van der Waals surface area contributed by atoms with Crippen LogP contribution in [-0.2, 0) is 16.8 Å². The fraction of sp³-hybridized carbons (Fsp3) is 0.458. The quantitative estimate of drug-likeness (QED) is 0.780. The highest BCUT2D eigenvalue weighted by Crippen LogP contribution is 2.50. The number of nitrogens with zero attached hydrogens (tertiary/aromatic N) is 2. The van der Waals surface area contributed by atoms with Crippen LogP contribution in [0.4, 0.5) is 0 Å². The summed E-state index contributed by atoms with van der Waals surface area (Å²) in [6.45, 7) is 3.96. The average Bonchev–Trinajstić information content (AvgIpc) is 3.52. The fourth-order valence-electron chi connectivity index (χ4n) is 4.31. The molecule has 0 aromatic heterocycles. The largest absolute Gasteiger partial charge is 0.497 e. The molecule has 0 unspecified atom stereocenters. The van der Waals surface area contributed by atoms with Crippen LogP contribution in [0.1, 0.15) is 29.5 Å². The summed E-state index contributed by atoms with van der Waals surface area (Å²) in [7, 11) is 5.75. The molecule has 1 aliphatic heterocycles. The Kier molecular flexibility index (Phi) is 5.26. The van der Waals surface area contributed by atoms with Gasteiger partial charge in [-0.25, -0.2) is 0 Å². The van der Waals surface area contributed by atoms with Crippen molar-refractivity contribution in [3.63, 3.8) is 0 Å². The van der Waals surface area contributed by atoms with Crippen LogP contribution in [0.15, 0.2) is 42.5 Å². The molecule has 4 rings (SSSR count). The average molecular weight is 395 g/mol. The van der Waals surface area contributed by atoms with E-state index in [0.29, 0.717) is 13.2 Å². The van der Waals surface area contributed by atoms with Gasteiger partial charge in [0.05, 0.1) is 18.6 Å². The second kappa shape index (κ2) is 7.71. The molecule has 1 fully saturated rings. The van der Waals surface area contributed by atoms with Crippen LogP contribution in [-0.4, -0.2) is 56.1 Å². The van der Waals surface area contributed by atoms with Gasteiger partial charge < -0.3 is 19.3 Å². The van der Waals surface area contributed by atoms with E-state index in [9.17, 15) is 4.79 Å². The van der Waals surface area contributed by atoms with Crippen molar-refractivity contribution >= 4 is 5.91 Å². The van der Waals surface area contributed by atoms with Crippen molar-refractivity contribution in [3.05, 3.63) is 59.2 Å². The van der Waals surface area contributed by atoms with Crippen molar-refractivity contribution in [1.29, 1.82) is 0 Å². The third-order valence-corrected chi connectivity index (χ3v) is 6.07. The number of hydrogen-bond donors (Lipinski definition) is 0. The summed E-state index contributed by atoms with van der Waals surface area (Å²) in [6, 6.07) is 14.2. The second-order valence-corrected chi connectivity index (χ2v) is 8.58. The number of carbonyl (C=O) groups is 1. The lowest BCUT2D eigenvalue weighted by atomic mass is 9.93. The van der Waals surface area contributed by atoms with E-state index in [1.807, 2.05) is 44.4 Å². The molecule has 1 amide bonds. The zero-order valence-corrected chi connectivity index (χ0v) is 17.8. The van der Waals surface area contributed by atoms with Gasteiger partial charge in [0.15, 0.2) is 0 Å². The van der Waals surface area contributed by atoms with Crippen molar-refractivity contribution in [2.24, 2.45) is 0 Å². The molecule has 2 aromatic rings. The SMILES string of the molecule is COc1ccc(C2(C(=O)N3Cc4cc(C)ccc4OC[C@@H]3CN(C)C)CC2)cc1. The Bertz CT molecular complexity index is 887. The molecular weight excluding hydrogens is 364 g/mol. The van der Waals surface area contributed by atoms with Crippen LogP contribution in [0.3, 0.4) is 0 Å². The van der Waals surface area contributed by atoms with Gasteiger partial charge in [-0.3, -0.25) is 4.79 Å². The molecule has 0 spiro atoms. The number of rotatable bonds is 5. The first-order valence-electron chi connectivity index (χ1n) is 10.3. The number of hydrogen-bond acceptors (Lipinski definition) is 4. The number of carbonyl (C=O) groups excluding carboxylic acids is 1. The van der Waals surface area contributed by atoms with E-state index in [1.165, 1.54) is 5.56 Å². The normalized spacial score (nSPS) is 19.9. The van der Waals surface area contributed by atoms with Gasteiger partial charge in [-0.05, 0) is 57.6 Å². The van der Waals surface area contributed by atoms with Crippen molar-refractivity contribution in [1.82, 2.24) is 9.80 Å². The summed E-state index contributed by atoms with van der Waals surface area (Å²) in [5.74, 6) is 1.92. The molecule has 5 heteroatoms. The van der Waals surface area contributed by atoms with Crippen LogP contribution in [0, 0.1) is 6.92 Å². The maximum atomic E-state index is 13.9. The first-order chi connectivity index (χ1) is 13.9. The Morgan fingerprint density at radius 1 is 1.21 bits per heavy atom. The van der Waals surface area contributed by atoms with E-state index in [4.69, 9.17) is 9.47 Å². The molecule has 0 radical (unpaired) electrons. The zero-order chi connectivity index (χ0) is 20.6. The van der Waals surface area contributed by atoms with Gasteiger partial charge in [0.2, 0.25) is 5.91 Å². The predicted molar refractivity (Wildman–Crippen MR) is 113 cm³/mol. The van der Waals surface area contributed by atoms with Crippen LogP contribution < -0.4 is 9.47 Å². The molecule has 2 aliphatic rings. The van der Waals surface area contributed by atoms with E-state index in [0.717, 1.165) is 42.0 Å². The lowest BCUT2D eigenvalue weighted by Crippen LogP contribution is -2.50. The first kappa shape index (κ1) is 19.8. The minimum Gasteiger partial charge on any atom is -0.497 e. The molecule has 154 valence electrons. The number of benzene rings is 2. The molecule has 5 nitrogen and oxygen atoms in total. The number of aryl methyl sites for hydroxylation is 1. The highest BCUT2D eigenvalue weighted by molar-refractivity contribution is 5.91. The van der Waals surface area contributed by atoms with Crippen LogP contribution >= 0.6 is 0 Å². The van der Waals surface area contributed by atoms with Crippen LogP contribution in [0.5, 0.6) is 11.5 Å². The second-order valence-electron chi connectivity index (χ2n) is 8.58. The molecule has 1 aliphatic carbocycles.